The van der Waals surface area contributed by atoms with Gasteiger partial charge in [0.2, 0.25) is 0 Å². The second kappa shape index (κ2) is 9.02. The summed E-state index contributed by atoms with van der Waals surface area (Å²) in [6.07, 6.45) is 1.82. The number of nitrogens with one attached hydrogen (secondary N) is 1. The van der Waals surface area contributed by atoms with Crippen LogP contribution in [0.5, 0.6) is 11.5 Å². The number of pyridine rings is 1. The summed E-state index contributed by atoms with van der Waals surface area (Å²) in [4.78, 5) is 7.98. The number of thiophene rings is 1. The van der Waals surface area contributed by atoms with Crippen molar-refractivity contribution in [3.63, 3.8) is 0 Å². The molecular weight excluding hydrogens is 502 g/mol. The fourth-order valence-corrected chi connectivity index (χ4v) is 5.80. The van der Waals surface area contributed by atoms with E-state index in [0.717, 1.165) is 32.9 Å². The van der Waals surface area contributed by atoms with E-state index in [0.29, 0.717) is 5.11 Å². The van der Waals surface area contributed by atoms with Crippen molar-refractivity contribution in [3.05, 3.63) is 105 Å². The molecule has 3 heterocycles. The monoisotopic (exact) mass is 521 g/mol. The number of nitrogens with zero attached hydrogens (tertiary/aromatic N) is 2. The highest BCUT2D eigenvalue weighted by Gasteiger charge is 2.41. The van der Waals surface area contributed by atoms with E-state index < -0.39 is 0 Å². The molecule has 1 saturated heterocycles. The number of hydrogen-bond donors (Lipinski definition) is 1. The molecule has 32 heavy (non-hydrogen) atoms. The fourth-order valence-electron chi connectivity index (χ4n) is 3.88. The fraction of sp³-hybridized carbons (Fsp3) is 0.120. The molecule has 4 nitrogen and oxygen atoms in total. The van der Waals surface area contributed by atoms with Crippen LogP contribution in [0.4, 0.5) is 5.69 Å². The van der Waals surface area contributed by atoms with E-state index in [-0.39, 0.29) is 12.1 Å². The Balaban J connectivity index is 1.48. The van der Waals surface area contributed by atoms with Gasteiger partial charge >= 0.3 is 0 Å². The SMILES string of the molecule is Cc1ccccc1Oc1ccc(N2C(=S)N[C@@H](c3ccccn3)[C@@H]2c2cc(Br)cs2)cc1. The molecule has 0 bridgehead atoms. The first-order chi connectivity index (χ1) is 15.6. The van der Waals surface area contributed by atoms with Gasteiger partial charge in [0.25, 0.3) is 0 Å². The third-order valence-corrected chi connectivity index (χ3v) is 7.49. The molecule has 7 heteroatoms. The van der Waals surface area contributed by atoms with Gasteiger partial charge in [-0.1, -0.05) is 24.3 Å². The van der Waals surface area contributed by atoms with Crippen molar-refractivity contribution in [2.75, 3.05) is 4.90 Å². The zero-order valence-corrected chi connectivity index (χ0v) is 20.5. The molecule has 160 valence electrons. The van der Waals surface area contributed by atoms with Gasteiger partial charge in [-0.25, -0.2) is 0 Å². The molecule has 2 atom stereocenters. The van der Waals surface area contributed by atoms with E-state index in [1.807, 2.05) is 67.7 Å². The number of hydrogen-bond acceptors (Lipinski definition) is 4. The molecule has 0 aliphatic carbocycles. The Hall–Kier alpha value is -2.74. The van der Waals surface area contributed by atoms with Crippen LogP contribution in [-0.2, 0) is 0 Å². The van der Waals surface area contributed by atoms with Gasteiger partial charge < -0.3 is 15.0 Å². The lowest BCUT2D eigenvalue weighted by molar-refractivity contribution is 0.479. The average molecular weight is 522 g/mol. The summed E-state index contributed by atoms with van der Waals surface area (Å²) in [5, 5.41) is 6.28. The van der Waals surface area contributed by atoms with E-state index in [9.17, 15) is 0 Å². The van der Waals surface area contributed by atoms with Crippen LogP contribution in [0.2, 0.25) is 0 Å². The van der Waals surface area contributed by atoms with Crippen molar-refractivity contribution in [3.8, 4) is 11.5 Å². The molecule has 5 rings (SSSR count). The molecule has 1 fully saturated rings. The predicted octanol–water partition coefficient (Wildman–Crippen LogP) is 7.18. The number of rotatable bonds is 5. The Morgan fingerprint density at radius 3 is 2.53 bits per heavy atom. The molecule has 1 aliphatic heterocycles. The lowest BCUT2D eigenvalue weighted by atomic mass is 10.0. The second-order valence-electron chi connectivity index (χ2n) is 7.53. The lowest BCUT2D eigenvalue weighted by Gasteiger charge is -2.27. The normalized spacial score (nSPS) is 17.9. The first kappa shape index (κ1) is 21.1. The summed E-state index contributed by atoms with van der Waals surface area (Å²) < 4.78 is 7.14. The molecule has 2 aromatic carbocycles. The van der Waals surface area contributed by atoms with Crippen LogP contribution in [0.25, 0.3) is 0 Å². The first-order valence-electron chi connectivity index (χ1n) is 10.2. The van der Waals surface area contributed by atoms with Crippen LogP contribution < -0.4 is 15.0 Å². The molecule has 1 aliphatic rings. The first-order valence-corrected chi connectivity index (χ1v) is 12.3. The molecule has 1 N–H and O–H groups in total. The van der Waals surface area contributed by atoms with E-state index >= 15 is 0 Å². The highest BCUT2D eigenvalue weighted by Crippen LogP contribution is 2.44. The molecule has 0 saturated carbocycles. The Morgan fingerprint density at radius 2 is 1.84 bits per heavy atom. The van der Waals surface area contributed by atoms with Crippen molar-refractivity contribution in [1.29, 1.82) is 0 Å². The van der Waals surface area contributed by atoms with Gasteiger partial charge in [0, 0.05) is 26.6 Å². The Bertz CT molecular complexity index is 1240. The van der Waals surface area contributed by atoms with Crippen molar-refractivity contribution < 1.29 is 4.74 Å². The average Bonchev–Trinajstić information content (AvgIpc) is 3.39. The third kappa shape index (κ3) is 4.16. The number of halogens is 1. The smallest absolute Gasteiger partial charge is 0.174 e. The second-order valence-corrected chi connectivity index (χ2v) is 9.77. The number of anilines is 1. The molecule has 2 aromatic heterocycles. The Labute approximate surface area is 205 Å². The molecule has 4 aromatic rings. The number of thiocarbonyl (C=S) groups is 1. The summed E-state index contributed by atoms with van der Waals surface area (Å²) in [7, 11) is 0. The van der Waals surface area contributed by atoms with Gasteiger partial charge in [-0.2, -0.15) is 0 Å². The number of ether oxygens (including phenoxy) is 1. The van der Waals surface area contributed by atoms with E-state index in [1.165, 1.54) is 4.88 Å². The predicted molar refractivity (Wildman–Crippen MR) is 138 cm³/mol. The quantitative estimate of drug-likeness (QED) is 0.281. The minimum Gasteiger partial charge on any atom is -0.457 e. The largest absolute Gasteiger partial charge is 0.457 e. The maximum absolute atomic E-state index is 6.08. The number of aryl methyl sites for hydroxylation is 1. The Morgan fingerprint density at radius 1 is 1.06 bits per heavy atom. The number of aromatic nitrogens is 1. The zero-order valence-electron chi connectivity index (χ0n) is 17.2. The van der Waals surface area contributed by atoms with Gasteiger partial charge in [-0.15, -0.1) is 11.3 Å². The van der Waals surface area contributed by atoms with Gasteiger partial charge in [0.1, 0.15) is 11.5 Å². The van der Waals surface area contributed by atoms with Crippen LogP contribution in [0, 0.1) is 6.92 Å². The van der Waals surface area contributed by atoms with Crippen LogP contribution in [0.1, 0.15) is 28.2 Å². The van der Waals surface area contributed by atoms with Crippen molar-refractivity contribution in [2.24, 2.45) is 0 Å². The molecule has 0 spiro atoms. The molecular formula is C25H20BrN3OS2. The van der Waals surface area contributed by atoms with Gasteiger partial charge in [-0.3, -0.25) is 4.98 Å². The van der Waals surface area contributed by atoms with Crippen molar-refractivity contribution in [2.45, 2.75) is 19.0 Å². The van der Waals surface area contributed by atoms with Gasteiger partial charge in [0.15, 0.2) is 5.11 Å². The van der Waals surface area contributed by atoms with Crippen LogP contribution in [-0.4, -0.2) is 10.1 Å². The highest BCUT2D eigenvalue weighted by molar-refractivity contribution is 9.10. The lowest BCUT2D eigenvalue weighted by Crippen LogP contribution is -2.28. The molecule has 0 radical (unpaired) electrons. The maximum Gasteiger partial charge on any atom is 0.174 e. The van der Waals surface area contributed by atoms with Gasteiger partial charge in [0.05, 0.1) is 17.8 Å². The topological polar surface area (TPSA) is 37.4 Å². The zero-order chi connectivity index (χ0) is 22.1. The summed E-state index contributed by atoms with van der Waals surface area (Å²) in [5.74, 6) is 1.65. The van der Waals surface area contributed by atoms with E-state index in [1.54, 1.807) is 11.3 Å². The minimum absolute atomic E-state index is 0.00293. The number of benzene rings is 2. The minimum atomic E-state index is -0.0443. The standard InChI is InChI=1S/C25H20BrN3OS2/c1-16-6-2-3-8-21(16)30-19-11-9-18(10-12-19)29-24(22-14-17(26)15-32-22)23(28-25(29)31)20-7-4-5-13-27-20/h2-15,23-24H,1H3,(H,28,31)/t23-,24-/m0/s1. The van der Waals surface area contributed by atoms with Crippen LogP contribution in [0.3, 0.4) is 0 Å². The summed E-state index contributed by atoms with van der Waals surface area (Å²) in [6, 6.07) is 24.2. The summed E-state index contributed by atoms with van der Waals surface area (Å²) >= 11 is 11.1. The molecule has 0 amide bonds. The van der Waals surface area contributed by atoms with Gasteiger partial charge in [-0.05, 0) is 89.2 Å². The molecule has 0 unspecified atom stereocenters. The van der Waals surface area contributed by atoms with Crippen LogP contribution in [0.15, 0.2) is 88.8 Å². The van der Waals surface area contributed by atoms with Crippen molar-refractivity contribution >= 4 is 50.3 Å². The number of para-hydroxylation sites is 1. The van der Waals surface area contributed by atoms with Crippen molar-refractivity contribution in [1.82, 2.24) is 10.3 Å². The summed E-state index contributed by atoms with van der Waals surface area (Å²) in [5.41, 5.74) is 3.07. The van der Waals surface area contributed by atoms with E-state index in [2.05, 4.69) is 54.7 Å². The maximum atomic E-state index is 6.08. The van der Waals surface area contributed by atoms with E-state index in [4.69, 9.17) is 17.0 Å². The third-order valence-electron chi connectivity index (χ3n) is 5.41. The van der Waals surface area contributed by atoms with Crippen LogP contribution >= 0.6 is 39.5 Å². The highest BCUT2D eigenvalue weighted by atomic mass is 79.9. The Kier molecular flexibility index (Phi) is 5.95. The summed E-state index contributed by atoms with van der Waals surface area (Å²) in [6.45, 7) is 2.04.